The van der Waals surface area contributed by atoms with E-state index in [1.54, 1.807) is 7.11 Å². The van der Waals surface area contributed by atoms with Gasteiger partial charge < -0.3 is 15.0 Å². The molecule has 0 saturated carbocycles. The molecule has 0 aromatic heterocycles. The zero-order chi connectivity index (χ0) is 17.7. The Bertz CT molecular complexity index is 693. The molecule has 1 atom stereocenters. The largest absolute Gasteiger partial charge is 0.497 e. The molecule has 24 heavy (non-hydrogen) atoms. The summed E-state index contributed by atoms with van der Waals surface area (Å²) in [5.41, 5.74) is 4.16. The van der Waals surface area contributed by atoms with Crippen molar-refractivity contribution in [3.63, 3.8) is 0 Å². The van der Waals surface area contributed by atoms with Crippen molar-refractivity contribution in [1.82, 2.24) is 10.2 Å². The minimum absolute atomic E-state index is 0.0431. The molecule has 1 N–H and O–H groups in total. The summed E-state index contributed by atoms with van der Waals surface area (Å²) >= 11 is 0. The summed E-state index contributed by atoms with van der Waals surface area (Å²) in [6.07, 6.45) is 0. The van der Waals surface area contributed by atoms with Crippen molar-refractivity contribution in [3.05, 3.63) is 64.7 Å². The number of rotatable bonds is 6. The van der Waals surface area contributed by atoms with Crippen LogP contribution in [-0.2, 0) is 0 Å². The summed E-state index contributed by atoms with van der Waals surface area (Å²) in [4.78, 5) is 14.5. The van der Waals surface area contributed by atoms with Gasteiger partial charge in [-0.25, -0.2) is 0 Å². The fourth-order valence-electron chi connectivity index (χ4n) is 2.60. The van der Waals surface area contributed by atoms with Crippen molar-refractivity contribution in [3.8, 4) is 5.75 Å². The van der Waals surface area contributed by atoms with Crippen molar-refractivity contribution in [2.24, 2.45) is 0 Å². The number of likely N-dealkylation sites (N-methyl/N-ethyl adjacent to an activating group) is 1. The van der Waals surface area contributed by atoms with Crippen LogP contribution in [0.3, 0.4) is 0 Å². The molecule has 0 heterocycles. The van der Waals surface area contributed by atoms with E-state index < -0.39 is 0 Å². The molecule has 2 rings (SSSR count). The summed E-state index contributed by atoms with van der Waals surface area (Å²) in [5.74, 6) is 0.786. The lowest BCUT2D eigenvalue weighted by molar-refractivity contribution is 0.0942. The molecule has 2 aromatic rings. The maximum atomic E-state index is 12.4. The topological polar surface area (TPSA) is 41.6 Å². The number of methoxy groups -OCH3 is 1. The molecular weight excluding hydrogens is 300 g/mol. The van der Waals surface area contributed by atoms with Gasteiger partial charge in [0.2, 0.25) is 0 Å². The van der Waals surface area contributed by atoms with Crippen LogP contribution in [0.2, 0.25) is 0 Å². The molecule has 1 unspecified atom stereocenters. The first kappa shape index (κ1) is 18.0. The summed E-state index contributed by atoms with van der Waals surface area (Å²) in [6, 6.07) is 13.8. The highest BCUT2D eigenvalue weighted by atomic mass is 16.5. The lowest BCUT2D eigenvalue weighted by Gasteiger charge is -2.25. The predicted molar refractivity (Wildman–Crippen MR) is 97.7 cm³/mol. The van der Waals surface area contributed by atoms with Crippen LogP contribution in [0.1, 0.15) is 33.1 Å². The molecular formula is C20H26N2O2. The van der Waals surface area contributed by atoms with E-state index in [0.29, 0.717) is 12.1 Å². The maximum Gasteiger partial charge on any atom is 0.251 e. The standard InChI is InChI=1S/C20H26N2O2/c1-14-6-7-17(12-15(14)2)20(23)21-13-19(22(3)4)16-8-10-18(24-5)11-9-16/h6-12,19H,13H2,1-5H3,(H,21,23). The van der Waals surface area contributed by atoms with Crippen LogP contribution in [0.25, 0.3) is 0 Å². The third-order valence-electron chi connectivity index (χ3n) is 4.35. The molecule has 0 fully saturated rings. The number of ether oxygens (including phenoxy) is 1. The van der Waals surface area contributed by atoms with Gasteiger partial charge in [-0.15, -0.1) is 0 Å². The van der Waals surface area contributed by atoms with E-state index in [4.69, 9.17) is 4.74 Å². The Morgan fingerprint density at radius 1 is 1.08 bits per heavy atom. The average Bonchev–Trinajstić information content (AvgIpc) is 2.57. The molecule has 1 amide bonds. The summed E-state index contributed by atoms with van der Waals surface area (Å²) in [6.45, 7) is 4.61. The normalized spacial score (nSPS) is 12.1. The molecule has 0 saturated heterocycles. The Morgan fingerprint density at radius 3 is 2.29 bits per heavy atom. The van der Waals surface area contributed by atoms with Gasteiger partial charge in [-0.3, -0.25) is 4.79 Å². The van der Waals surface area contributed by atoms with E-state index in [9.17, 15) is 4.79 Å². The quantitative estimate of drug-likeness (QED) is 0.885. The Labute approximate surface area is 144 Å². The number of amides is 1. The van der Waals surface area contributed by atoms with Crippen molar-refractivity contribution in [1.29, 1.82) is 0 Å². The van der Waals surface area contributed by atoms with E-state index in [0.717, 1.165) is 16.9 Å². The lowest BCUT2D eigenvalue weighted by Crippen LogP contribution is -2.34. The Kier molecular flexibility index (Phi) is 5.99. The first-order chi connectivity index (χ1) is 11.4. The Balaban J connectivity index is 2.07. The van der Waals surface area contributed by atoms with E-state index in [2.05, 4.69) is 10.2 Å². The van der Waals surface area contributed by atoms with Crippen LogP contribution in [0.4, 0.5) is 0 Å². The molecule has 128 valence electrons. The molecule has 0 aliphatic rings. The van der Waals surface area contributed by atoms with Gasteiger partial charge in [0.05, 0.1) is 13.2 Å². The van der Waals surface area contributed by atoms with Gasteiger partial charge in [0.25, 0.3) is 5.91 Å². The second-order valence-corrected chi connectivity index (χ2v) is 6.26. The minimum atomic E-state index is -0.0431. The highest BCUT2D eigenvalue weighted by Crippen LogP contribution is 2.21. The zero-order valence-electron chi connectivity index (χ0n) is 15.1. The molecule has 0 radical (unpaired) electrons. The molecule has 0 spiro atoms. The van der Waals surface area contributed by atoms with Gasteiger partial charge in [-0.1, -0.05) is 18.2 Å². The van der Waals surface area contributed by atoms with Crippen molar-refractivity contribution >= 4 is 5.91 Å². The van der Waals surface area contributed by atoms with Crippen LogP contribution in [0, 0.1) is 13.8 Å². The van der Waals surface area contributed by atoms with E-state index in [1.165, 1.54) is 5.56 Å². The number of carbonyl (C=O) groups excluding carboxylic acids is 1. The Morgan fingerprint density at radius 2 is 1.75 bits per heavy atom. The number of nitrogens with zero attached hydrogens (tertiary/aromatic N) is 1. The fourth-order valence-corrected chi connectivity index (χ4v) is 2.60. The summed E-state index contributed by atoms with van der Waals surface area (Å²) in [5, 5.41) is 3.04. The SMILES string of the molecule is COc1ccc(C(CNC(=O)c2ccc(C)c(C)c2)N(C)C)cc1. The van der Waals surface area contributed by atoms with Gasteiger partial charge in [0, 0.05) is 12.1 Å². The number of hydrogen-bond acceptors (Lipinski definition) is 3. The van der Waals surface area contributed by atoms with Crippen molar-refractivity contribution in [2.45, 2.75) is 19.9 Å². The first-order valence-corrected chi connectivity index (χ1v) is 8.08. The minimum Gasteiger partial charge on any atom is -0.497 e. The van der Waals surface area contributed by atoms with E-state index >= 15 is 0 Å². The van der Waals surface area contributed by atoms with Gasteiger partial charge >= 0.3 is 0 Å². The monoisotopic (exact) mass is 326 g/mol. The van der Waals surface area contributed by atoms with Crippen LogP contribution in [-0.4, -0.2) is 38.6 Å². The number of carbonyl (C=O) groups is 1. The van der Waals surface area contributed by atoms with Crippen LogP contribution >= 0.6 is 0 Å². The second kappa shape index (κ2) is 7.97. The highest BCUT2D eigenvalue weighted by Gasteiger charge is 2.16. The third kappa shape index (κ3) is 4.36. The van der Waals surface area contributed by atoms with Crippen LogP contribution < -0.4 is 10.1 Å². The third-order valence-corrected chi connectivity index (χ3v) is 4.35. The molecule has 0 aliphatic heterocycles. The van der Waals surface area contributed by atoms with Crippen LogP contribution in [0.15, 0.2) is 42.5 Å². The smallest absolute Gasteiger partial charge is 0.251 e. The van der Waals surface area contributed by atoms with E-state index in [-0.39, 0.29) is 11.9 Å². The Hall–Kier alpha value is -2.33. The summed E-state index contributed by atoms with van der Waals surface area (Å²) in [7, 11) is 5.68. The fraction of sp³-hybridized carbons (Fsp3) is 0.350. The number of hydrogen-bond donors (Lipinski definition) is 1. The predicted octanol–water partition coefficient (Wildman–Crippen LogP) is 3.34. The van der Waals surface area contributed by atoms with Gasteiger partial charge in [0.1, 0.15) is 5.75 Å². The van der Waals surface area contributed by atoms with Crippen molar-refractivity contribution in [2.75, 3.05) is 27.7 Å². The van der Waals surface area contributed by atoms with Gasteiger partial charge in [-0.05, 0) is 68.9 Å². The highest BCUT2D eigenvalue weighted by molar-refractivity contribution is 5.94. The van der Waals surface area contributed by atoms with E-state index in [1.807, 2.05) is 70.4 Å². The first-order valence-electron chi connectivity index (χ1n) is 8.08. The number of benzene rings is 2. The summed E-state index contributed by atoms with van der Waals surface area (Å²) < 4.78 is 5.20. The molecule has 0 bridgehead atoms. The van der Waals surface area contributed by atoms with Gasteiger partial charge in [-0.2, -0.15) is 0 Å². The van der Waals surface area contributed by atoms with Gasteiger partial charge in [0.15, 0.2) is 0 Å². The lowest BCUT2D eigenvalue weighted by atomic mass is 10.0. The molecule has 2 aromatic carbocycles. The number of aryl methyl sites for hydroxylation is 2. The zero-order valence-corrected chi connectivity index (χ0v) is 15.1. The van der Waals surface area contributed by atoms with Crippen LogP contribution in [0.5, 0.6) is 5.75 Å². The molecule has 4 heteroatoms. The second-order valence-electron chi connectivity index (χ2n) is 6.26. The average molecular weight is 326 g/mol. The number of nitrogens with one attached hydrogen (secondary N) is 1. The molecule has 4 nitrogen and oxygen atoms in total. The maximum absolute atomic E-state index is 12.4. The molecule has 0 aliphatic carbocycles. The van der Waals surface area contributed by atoms with Crippen molar-refractivity contribution < 1.29 is 9.53 Å².